The van der Waals surface area contributed by atoms with Crippen LogP contribution >= 0.6 is 0 Å². The van der Waals surface area contributed by atoms with Crippen molar-refractivity contribution in [1.82, 2.24) is 5.32 Å². The van der Waals surface area contributed by atoms with E-state index in [1.165, 1.54) is 7.05 Å². The van der Waals surface area contributed by atoms with Crippen LogP contribution in [-0.4, -0.2) is 45.5 Å². The number of carbonyl (C=O) groups is 2. The lowest BCUT2D eigenvalue weighted by molar-refractivity contribution is -0.139. The first-order valence-electron chi connectivity index (χ1n) is 4.42. The molecule has 0 aromatic rings. The smallest absolute Gasteiger partial charge is 0.406 e. The molecule has 0 spiro atoms. The third-order valence-electron chi connectivity index (χ3n) is 1.30. The molecule has 1 amide bonds. The van der Waals surface area contributed by atoms with Gasteiger partial charge in [0.2, 0.25) is 0 Å². The Morgan fingerprint density at radius 2 is 1.80 bits per heavy atom. The molecule has 0 rings (SSSR count). The largest absolute Gasteiger partial charge is 0.460 e. The molecule has 0 saturated heterocycles. The normalized spacial score (nSPS) is 9.13. The summed E-state index contributed by atoms with van der Waals surface area (Å²) in [5, 5.41) is 2.29. The maximum Gasteiger partial charge on any atom is 0.406 e. The molecule has 86 valence electrons. The number of amides is 1. The van der Waals surface area contributed by atoms with Crippen molar-refractivity contribution in [3.63, 3.8) is 0 Å². The zero-order chi connectivity index (χ0) is 11.5. The highest BCUT2D eigenvalue weighted by Gasteiger charge is 1.97. The van der Waals surface area contributed by atoms with E-state index in [-0.39, 0.29) is 26.4 Å². The number of hydrogen-bond acceptors (Lipinski definition) is 5. The van der Waals surface area contributed by atoms with Gasteiger partial charge in [-0.2, -0.15) is 0 Å². The van der Waals surface area contributed by atoms with Crippen molar-refractivity contribution in [1.29, 1.82) is 0 Å². The Labute approximate surface area is 88.2 Å². The number of rotatable bonds is 7. The molecule has 0 fully saturated rings. The molecule has 0 unspecified atom stereocenters. The summed E-state index contributed by atoms with van der Waals surface area (Å²) in [4.78, 5) is 21.1. The van der Waals surface area contributed by atoms with Gasteiger partial charge in [0.05, 0.1) is 13.2 Å². The van der Waals surface area contributed by atoms with Gasteiger partial charge in [-0.15, -0.1) is 0 Å². The highest BCUT2D eigenvalue weighted by atomic mass is 16.6. The zero-order valence-electron chi connectivity index (χ0n) is 8.65. The fourth-order valence-corrected chi connectivity index (χ4v) is 0.628. The van der Waals surface area contributed by atoms with Crippen LogP contribution in [0.2, 0.25) is 0 Å². The minimum Gasteiger partial charge on any atom is -0.460 e. The summed E-state index contributed by atoms with van der Waals surface area (Å²) in [6.07, 6.45) is 0.575. The number of carbonyl (C=O) groups excluding carboxylic acids is 2. The van der Waals surface area contributed by atoms with Crippen molar-refractivity contribution in [2.24, 2.45) is 0 Å². The molecule has 15 heavy (non-hydrogen) atoms. The highest BCUT2D eigenvalue weighted by Crippen LogP contribution is 1.83. The second-order valence-electron chi connectivity index (χ2n) is 2.37. The Balaban J connectivity index is 3.15. The molecule has 0 bridgehead atoms. The molecule has 0 aliphatic heterocycles. The predicted octanol–water partition coefficient (Wildman–Crippen LogP) is 0.0882. The third-order valence-corrected chi connectivity index (χ3v) is 1.30. The molecule has 0 saturated carbocycles. The summed E-state index contributed by atoms with van der Waals surface area (Å²) in [7, 11) is 1.47. The van der Waals surface area contributed by atoms with E-state index in [2.05, 4.69) is 21.4 Å². The second kappa shape index (κ2) is 9.01. The van der Waals surface area contributed by atoms with Gasteiger partial charge in [-0.3, -0.25) is 0 Å². The Kier molecular flexibility index (Phi) is 8.08. The topological polar surface area (TPSA) is 73.9 Å². The molecule has 6 heteroatoms. The van der Waals surface area contributed by atoms with Crippen LogP contribution in [0.3, 0.4) is 0 Å². The quantitative estimate of drug-likeness (QED) is 0.371. The van der Waals surface area contributed by atoms with E-state index in [0.717, 1.165) is 6.08 Å². The van der Waals surface area contributed by atoms with E-state index in [9.17, 15) is 9.59 Å². The minimum absolute atomic E-state index is 0.158. The Bertz CT molecular complexity index is 217. The van der Waals surface area contributed by atoms with E-state index in [0.29, 0.717) is 0 Å². The van der Waals surface area contributed by atoms with Crippen molar-refractivity contribution in [2.45, 2.75) is 0 Å². The van der Waals surface area contributed by atoms with Crippen molar-refractivity contribution >= 4 is 12.1 Å². The van der Waals surface area contributed by atoms with Crippen LogP contribution in [0.25, 0.3) is 0 Å². The van der Waals surface area contributed by atoms with Gasteiger partial charge in [-0.1, -0.05) is 6.58 Å². The van der Waals surface area contributed by atoms with E-state index in [4.69, 9.17) is 4.74 Å². The van der Waals surface area contributed by atoms with Crippen molar-refractivity contribution < 1.29 is 23.8 Å². The molecule has 0 atom stereocenters. The maximum atomic E-state index is 10.6. The van der Waals surface area contributed by atoms with Gasteiger partial charge >= 0.3 is 12.1 Å². The summed E-state index contributed by atoms with van der Waals surface area (Å²) in [6, 6.07) is 0. The fraction of sp³-hybridized carbons (Fsp3) is 0.556. The summed E-state index contributed by atoms with van der Waals surface area (Å²) >= 11 is 0. The van der Waals surface area contributed by atoms with Gasteiger partial charge in [0.1, 0.15) is 13.2 Å². The average molecular weight is 217 g/mol. The molecule has 0 radical (unpaired) electrons. The fourth-order valence-electron chi connectivity index (χ4n) is 0.628. The summed E-state index contributed by atoms with van der Waals surface area (Å²) in [5.74, 6) is -0.486. The van der Waals surface area contributed by atoms with Crippen LogP contribution in [0.4, 0.5) is 4.79 Å². The van der Waals surface area contributed by atoms with Gasteiger partial charge in [0.15, 0.2) is 0 Å². The van der Waals surface area contributed by atoms with Gasteiger partial charge in [-0.05, 0) is 0 Å². The van der Waals surface area contributed by atoms with E-state index >= 15 is 0 Å². The van der Waals surface area contributed by atoms with Gasteiger partial charge in [-0.25, -0.2) is 9.59 Å². The van der Waals surface area contributed by atoms with Gasteiger partial charge in [0, 0.05) is 13.1 Å². The first kappa shape index (κ1) is 13.4. The van der Waals surface area contributed by atoms with Crippen LogP contribution in [0.5, 0.6) is 0 Å². The minimum atomic E-state index is -0.503. The Morgan fingerprint density at radius 1 is 1.20 bits per heavy atom. The monoisotopic (exact) mass is 217 g/mol. The van der Waals surface area contributed by atoms with Crippen molar-refractivity contribution in [3.8, 4) is 0 Å². The molecular weight excluding hydrogens is 202 g/mol. The number of nitrogens with one attached hydrogen (secondary N) is 1. The summed E-state index contributed by atoms with van der Waals surface area (Å²) < 4.78 is 14.3. The first-order valence-corrected chi connectivity index (χ1v) is 4.42. The molecule has 0 aliphatic carbocycles. The average Bonchev–Trinajstić information content (AvgIpc) is 2.26. The lowest BCUT2D eigenvalue weighted by Gasteiger charge is -2.05. The zero-order valence-corrected chi connectivity index (χ0v) is 8.65. The van der Waals surface area contributed by atoms with Crippen molar-refractivity contribution in [2.75, 3.05) is 33.5 Å². The predicted molar refractivity (Wildman–Crippen MR) is 52.4 cm³/mol. The highest BCUT2D eigenvalue weighted by molar-refractivity contribution is 5.81. The second-order valence-corrected chi connectivity index (χ2v) is 2.37. The van der Waals surface area contributed by atoms with Crippen LogP contribution in [0.1, 0.15) is 0 Å². The summed E-state index contributed by atoms with van der Waals surface area (Å²) in [6.45, 7) is 4.08. The molecule has 0 heterocycles. The Morgan fingerprint density at radius 3 is 2.33 bits per heavy atom. The SMILES string of the molecule is C=CC(=O)OCCOCCOC(=O)NC. The van der Waals surface area contributed by atoms with Gasteiger partial charge < -0.3 is 19.5 Å². The molecule has 0 aliphatic rings. The lowest BCUT2D eigenvalue weighted by atomic mass is 10.6. The molecule has 6 nitrogen and oxygen atoms in total. The van der Waals surface area contributed by atoms with E-state index < -0.39 is 12.1 Å². The standard InChI is InChI=1S/C9H15NO5/c1-3-8(11)14-6-4-13-5-7-15-9(12)10-2/h3H,1,4-7H2,2H3,(H,10,12). The molecule has 0 aromatic carbocycles. The van der Waals surface area contributed by atoms with E-state index in [1.807, 2.05) is 0 Å². The molecule has 0 aromatic heterocycles. The maximum absolute atomic E-state index is 10.6. The van der Waals surface area contributed by atoms with Crippen LogP contribution < -0.4 is 5.32 Å². The molecule has 1 N–H and O–H groups in total. The lowest BCUT2D eigenvalue weighted by Crippen LogP contribution is -2.21. The first-order chi connectivity index (χ1) is 7.20. The number of alkyl carbamates (subject to hydrolysis) is 1. The molecular formula is C9H15NO5. The Hall–Kier alpha value is -1.56. The third kappa shape index (κ3) is 8.76. The van der Waals surface area contributed by atoms with Crippen LogP contribution in [0.15, 0.2) is 12.7 Å². The number of ether oxygens (including phenoxy) is 3. The van der Waals surface area contributed by atoms with Gasteiger partial charge in [0.25, 0.3) is 0 Å². The summed E-state index contributed by atoms with van der Waals surface area (Å²) in [5.41, 5.74) is 0. The number of esters is 1. The van der Waals surface area contributed by atoms with Crippen molar-refractivity contribution in [3.05, 3.63) is 12.7 Å². The number of hydrogen-bond donors (Lipinski definition) is 1. The van der Waals surface area contributed by atoms with Crippen LogP contribution in [0, 0.1) is 0 Å². The van der Waals surface area contributed by atoms with Crippen LogP contribution in [-0.2, 0) is 19.0 Å². The van der Waals surface area contributed by atoms with E-state index in [1.54, 1.807) is 0 Å².